The van der Waals surface area contributed by atoms with E-state index in [1.807, 2.05) is 61.0 Å². The second-order valence-electron chi connectivity index (χ2n) is 5.40. The molecule has 0 saturated carbocycles. The number of hydrogen-bond donors (Lipinski definition) is 1. The maximum absolute atomic E-state index is 11.5. The molecule has 1 heterocycles. The molecule has 0 atom stereocenters. The highest BCUT2D eigenvalue weighted by molar-refractivity contribution is 6.29. The van der Waals surface area contributed by atoms with Gasteiger partial charge in [0, 0.05) is 17.7 Å². The number of pyridine rings is 1. The molecule has 3 nitrogen and oxygen atoms in total. The number of nitrogens with two attached hydrogens (primary N) is 1. The summed E-state index contributed by atoms with van der Waals surface area (Å²) in [5.74, 6) is -0.428. The minimum absolute atomic E-state index is 0.428. The predicted octanol–water partition coefficient (Wildman–Crippen LogP) is 4.30. The standard InChI is InChI=1S/C20H16ClN2O/c21-19-13-16(14-6-2-1-3-7-14)12-17(23-19)11-10-15-8-4-5-9-18(15)20(22)24/h1-9,11-13H,10H2,(H2,22,24). The van der Waals surface area contributed by atoms with Gasteiger partial charge in [0.05, 0.1) is 0 Å². The third-order valence-corrected chi connectivity index (χ3v) is 3.93. The molecule has 4 heteroatoms. The van der Waals surface area contributed by atoms with E-state index in [1.54, 1.807) is 12.1 Å². The zero-order chi connectivity index (χ0) is 16.9. The molecule has 0 saturated heterocycles. The maximum Gasteiger partial charge on any atom is 0.248 e. The molecule has 0 aliphatic carbocycles. The first kappa shape index (κ1) is 16.2. The van der Waals surface area contributed by atoms with Crippen molar-refractivity contribution in [1.29, 1.82) is 0 Å². The average Bonchev–Trinajstić information content (AvgIpc) is 2.60. The summed E-state index contributed by atoms with van der Waals surface area (Å²) >= 11 is 6.16. The Balaban J connectivity index is 1.84. The summed E-state index contributed by atoms with van der Waals surface area (Å²) in [6.45, 7) is 0. The van der Waals surface area contributed by atoms with Gasteiger partial charge in [0.25, 0.3) is 0 Å². The molecule has 119 valence electrons. The van der Waals surface area contributed by atoms with E-state index in [1.165, 1.54) is 0 Å². The Labute approximate surface area is 146 Å². The smallest absolute Gasteiger partial charge is 0.248 e. The quantitative estimate of drug-likeness (QED) is 0.707. The highest BCUT2D eigenvalue weighted by Crippen LogP contribution is 2.24. The number of halogens is 1. The number of nitrogens with zero attached hydrogens (tertiary/aromatic N) is 1. The number of primary amides is 1. The molecule has 1 radical (unpaired) electrons. The van der Waals surface area contributed by atoms with Gasteiger partial charge in [-0.25, -0.2) is 4.98 Å². The topological polar surface area (TPSA) is 56.0 Å². The molecule has 0 aliphatic heterocycles. The van der Waals surface area contributed by atoms with Crippen molar-refractivity contribution >= 4 is 17.5 Å². The molecule has 2 N–H and O–H groups in total. The monoisotopic (exact) mass is 335 g/mol. The number of rotatable bonds is 5. The maximum atomic E-state index is 11.5. The molecule has 3 aromatic rings. The lowest BCUT2D eigenvalue weighted by molar-refractivity contribution is 0.0999. The summed E-state index contributed by atoms with van der Waals surface area (Å²) in [5.41, 5.74) is 9.66. The van der Waals surface area contributed by atoms with Gasteiger partial charge >= 0.3 is 0 Å². The van der Waals surface area contributed by atoms with Crippen LogP contribution in [0, 0.1) is 6.42 Å². The Morgan fingerprint density at radius 1 is 1.00 bits per heavy atom. The number of amides is 1. The van der Waals surface area contributed by atoms with Crippen LogP contribution < -0.4 is 5.73 Å². The van der Waals surface area contributed by atoms with Crippen molar-refractivity contribution in [3.8, 4) is 11.1 Å². The SMILES string of the molecule is NC(=O)c1ccccc1C[CH]c1cc(-c2ccccc2)cc(Cl)n1. The van der Waals surface area contributed by atoms with Gasteiger partial charge in [-0.3, -0.25) is 4.79 Å². The lowest BCUT2D eigenvalue weighted by Crippen LogP contribution is -2.13. The molecular formula is C20H16ClN2O. The fourth-order valence-electron chi connectivity index (χ4n) is 2.57. The van der Waals surface area contributed by atoms with E-state index in [0.717, 1.165) is 22.4 Å². The highest BCUT2D eigenvalue weighted by atomic mass is 35.5. The van der Waals surface area contributed by atoms with E-state index < -0.39 is 5.91 Å². The van der Waals surface area contributed by atoms with E-state index in [4.69, 9.17) is 17.3 Å². The van der Waals surface area contributed by atoms with Crippen LogP contribution in [0.25, 0.3) is 11.1 Å². The summed E-state index contributed by atoms with van der Waals surface area (Å²) in [7, 11) is 0. The van der Waals surface area contributed by atoms with Crippen molar-refractivity contribution in [2.24, 2.45) is 5.73 Å². The number of benzene rings is 2. The Morgan fingerprint density at radius 3 is 2.46 bits per heavy atom. The second kappa shape index (κ2) is 7.28. The fourth-order valence-corrected chi connectivity index (χ4v) is 2.79. The van der Waals surface area contributed by atoms with Gasteiger partial charge in [-0.15, -0.1) is 0 Å². The van der Waals surface area contributed by atoms with Gasteiger partial charge in [0.1, 0.15) is 5.15 Å². The molecule has 2 aromatic carbocycles. The predicted molar refractivity (Wildman–Crippen MR) is 96.7 cm³/mol. The number of hydrogen-bond acceptors (Lipinski definition) is 2. The third kappa shape index (κ3) is 3.81. The molecule has 0 fully saturated rings. The molecule has 1 amide bonds. The minimum Gasteiger partial charge on any atom is -0.366 e. The van der Waals surface area contributed by atoms with Gasteiger partial charge in [0.15, 0.2) is 0 Å². The largest absolute Gasteiger partial charge is 0.366 e. The van der Waals surface area contributed by atoms with Crippen LogP contribution in [0.3, 0.4) is 0 Å². The van der Waals surface area contributed by atoms with Crippen LogP contribution in [-0.4, -0.2) is 10.9 Å². The summed E-state index contributed by atoms with van der Waals surface area (Å²) in [6.07, 6.45) is 2.50. The summed E-state index contributed by atoms with van der Waals surface area (Å²) < 4.78 is 0. The molecule has 0 spiro atoms. The average molecular weight is 336 g/mol. The first-order valence-electron chi connectivity index (χ1n) is 7.57. The van der Waals surface area contributed by atoms with Crippen molar-refractivity contribution < 1.29 is 4.79 Å². The molecule has 1 aromatic heterocycles. The molecular weight excluding hydrogens is 320 g/mol. The van der Waals surface area contributed by atoms with Gasteiger partial charge in [-0.2, -0.15) is 0 Å². The van der Waals surface area contributed by atoms with Gasteiger partial charge in [-0.05, 0) is 41.3 Å². The lowest BCUT2D eigenvalue weighted by Gasteiger charge is -2.08. The zero-order valence-electron chi connectivity index (χ0n) is 12.9. The number of carbonyl (C=O) groups excluding carboxylic acids is 1. The Kier molecular flexibility index (Phi) is 4.92. The van der Waals surface area contributed by atoms with Gasteiger partial charge in [0.2, 0.25) is 5.91 Å². The minimum atomic E-state index is -0.428. The van der Waals surface area contributed by atoms with Crippen molar-refractivity contribution in [2.45, 2.75) is 6.42 Å². The van der Waals surface area contributed by atoms with Crippen LogP contribution in [0.5, 0.6) is 0 Å². The van der Waals surface area contributed by atoms with Gasteiger partial charge in [-0.1, -0.05) is 60.1 Å². The van der Waals surface area contributed by atoms with Crippen molar-refractivity contribution in [1.82, 2.24) is 4.98 Å². The molecule has 0 bridgehead atoms. The van der Waals surface area contributed by atoms with Crippen molar-refractivity contribution in [3.63, 3.8) is 0 Å². The van der Waals surface area contributed by atoms with Crippen LogP contribution in [-0.2, 0) is 6.42 Å². The molecule has 24 heavy (non-hydrogen) atoms. The number of aromatic nitrogens is 1. The normalized spacial score (nSPS) is 10.5. The Morgan fingerprint density at radius 2 is 1.71 bits per heavy atom. The van der Waals surface area contributed by atoms with E-state index in [0.29, 0.717) is 17.1 Å². The van der Waals surface area contributed by atoms with E-state index >= 15 is 0 Å². The molecule has 0 aliphatic rings. The van der Waals surface area contributed by atoms with Gasteiger partial charge < -0.3 is 5.73 Å². The Bertz CT molecular complexity index is 863. The summed E-state index contributed by atoms with van der Waals surface area (Å²) in [4.78, 5) is 15.8. The van der Waals surface area contributed by atoms with Crippen LogP contribution >= 0.6 is 11.6 Å². The summed E-state index contributed by atoms with van der Waals surface area (Å²) in [6, 6.07) is 21.1. The third-order valence-electron chi connectivity index (χ3n) is 3.73. The Hall–Kier alpha value is -2.65. The van der Waals surface area contributed by atoms with E-state index in [-0.39, 0.29) is 0 Å². The van der Waals surface area contributed by atoms with Crippen LogP contribution in [0.4, 0.5) is 0 Å². The molecule has 3 rings (SSSR count). The number of carbonyl (C=O) groups is 1. The van der Waals surface area contributed by atoms with Crippen molar-refractivity contribution in [2.75, 3.05) is 0 Å². The van der Waals surface area contributed by atoms with Crippen molar-refractivity contribution in [3.05, 3.63) is 95.1 Å². The second-order valence-corrected chi connectivity index (χ2v) is 5.79. The lowest BCUT2D eigenvalue weighted by atomic mass is 10.00. The van der Waals surface area contributed by atoms with Crippen LogP contribution in [0.2, 0.25) is 5.15 Å². The van der Waals surface area contributed by atoms with Crippen LogP contribution in [0.15, 0.2) is 66.7 Å². The molecule has 0 unspecified atom stereocenters. The first-order chi connectivity index (χ1) is 11.6. The summed E-state index contributed by atoms with van der Waals surface area (Å²) in [5, 5.41) is 0.436. The van der Waals surface area contributed by atoms with Crippen LogP contribution in [0.1, 0.15) is 21.6 Å². The zero-order valence-corrected chi connectivity index (χ0v) is 13.7. The van der Waals surface area contributed by atoms with E-state index in [9.17, 15) is 4.79 Å². The fraction of sp³-hybridized carbons (Fsp3) is 0.0500. The van der Waals surface area contributed by atoms with E-state index in [2.05, 4.69) is 4.98 Å². The first-order valence-corrected chi connectivity index (χ1v) is 7.95. The highest BCUT2D eigenvalue weighted by Gasteiger charge is 2.09.